The van der Waals surface area contributed by atoms with Crippen LogP contribution in [0.2, 0.25) is 0 Å². The number of amides is 2. The van der Waals surface area contributed by atoms with Gasteiger partial charge in [0.2, 0.25) is 0 Å². The van der Waals surface area contributed by atoms with Crippen molar-refractivity contribution in [3.8, 4) is 16.3 Å². The average molecular weight is 673 g/mol. The number of aryl methyl sites for hydroxylation is 1. The van der Waals surface area contributed by atoms with Gasteiger partial charge in [-0.15, -0.1) is 11.3 Å². The van der Waals surface area contributed by atoms with Gasteiger partial charge in [0.1, 0.15) is 5.82 Å². The zero-order valence-electron chi connectivity index (χ0n) is 28.6. The Labute approximate surface area is 292 Å². The van der Waals surface area contributed by atoms with Crippen LogP contribution in [0.25, 0.3) is 16.3 Å². The van der Waals surface area contributed by atoms with Crippen molar-refractivity contribution in [2.45, 2.75) is 77.3 Å². The second-order valence-electron chi connectivity index (χ2n) is 14.6. The molecule has 9 heteroatoms. The number of pyridine rings is 1. The SMILES string of the molecule is Cc1ccc(-n2nc(C(C)(C)C)cc2NC(=O)Nc2cccc(CC3CC4CCC(C3)N4CC(=O)c3ccc(-c4ccccn4)s3)c2)cc1. The van der Waals surface area contributed by atoms with E-state index in [0.717, 1.165) is 70.2 Å². The maximum Gasteiger partial charge on any atom is 0.324 e. The van der Waals surface area contributed by atoms with E-state index < -0.39 is 0 Å². The highest BCUT2D eigenvalue weighted by Gasteiger charge is 2.41. The molecule has 2 amide bonds. The van der Waals surface area contributed by atoms with Gasteiger partial charge in [-0.2, -0.15) is 5.10 Å². The van der Waals surface area contributed by atoms with Crippen molar-refractivity contribution in [1.82, 2.24) is 19.7 Å². The number of fused-ring (bicyclic) bond motifs is 2. The molecule has 0 spiro atoms. The van der Waals surface area contributed by atoms with Gasteiger partial charge in [-0.25, -0.2) is 9.48 Å². The number of thiophene rings is 1. The molecular weight excluding hydrogens is 629 g/mol. The first-order valence-corrected chi connectivity index (χ1v) is 18.1. The number of hydrogen-bond acceptors (Lipinski definition) is 6. The zero-order chi connectivity index (χ0) is 34.1. The minimum absolute atomic E-state index is 0.170. The molecule has 0 aliphatic carbocycles. The Balaban J connectivity index is 0.963. The molecule has 2 saturated heterocycles. The number of carbonyl (C=O) groups excluding carboxylic acids is 2. The van der Waals surface area contributed by atoms with E-state index in [1.54, 1.807) is 10.9 Å². The van der Waals surface area contributed by atoms with Crippen LogP contribution in [-0.2, 0) is 11.8 Å². The smallest absolute Gasteiger partial charge is 0.308 e. The summed E-state index contributed by atoms with van der Waals surface area (Å²) < 4.78 is 1.80. The number of ketones is 1. The third-order valence-electron chi connectivity index (χ3n) is 9.81. The largest absolute Gasteiger partial charge is 0.324 e. The summed E-state index contributed by atoms with van der Waals surface area (Å²) in [5.41, 5.74) is 5.67. The van der Waals surface area contributed by atoms with Crippen LogP contribution in [0, 0.1) is 12.8 Å². The van der Waals surface area contributed by atoms with Crippen molar-refractivity contribution in [3.63, 3.8) is 0 Å². The van der Waals surface area contributed by atoms with Crippen LogP contribution in [0.1, 0.15) is 72.9 Å². The maximum absolute atomic E-state index is 13.3. The topological polar surface area (TPSA) is 92.2 Å². The molecule has 2 aliphatic heterocycles. The fourth-order valence-electron chi connectivity index (χ4n) is 7.30. The lowest BCUT2D eigenvalue weighted by atomic mass is 9.85. The molecule has 2 bridgehead atoms. The molecule has 0 saturated carbocycles. The zero-order valence-corrected chi connectivity index (χ0v) is 29.5. The van der Waals surface area contributed by atoms with Gasteiger partial charge >= 0.3 is 6.03 Å². The molecule has 252 valence electrons. The van der Waals surface area contributed by atoms with Gasteiger partial charge in [-0.1, -0.05) is 56.7 Å². The van der Waals surface area contributed by atoms with Crippen molar-refractivity contribution in [3.05, 3.63) is 113 Å². The number of hydrogen-bond donors (Lipinski definition) is 2. The minimum Gasteiger partial charge on any atom is -0.308 e. The Morgan fingerprint density at radius 3 is 2.39 bits per heavy atom. The summed E-state index contributed by atoms with van der Waals surface area (Å²) in [6.07, 6.45) is 7.22. The van der Waals surface area contributed by atoms with Crippen LogP contribution in [0.4, 0.5) is 16.3 Å². The molecule has 3 aromatic heterocycles. The number of nitrogens with zero attached hydrogens (tertiary/aromatic N) is 4. The Morgan fingerprint density at radius 1 is 0.898 bits per heavy atom. The molecule has 2 N–H and O–H groups in total. The van der Waals surface area contributed by atoms with Gasteiger partial charge < -0.3 is 5.32 Å². The van der Waals surface area contributed by atoms with Gasteiger partial charge in [-0.3, -0.25) is 20.0 Å². The fraction of sp³-hybridized carbons (Fsp3) is 0.350. The van der Waals surface area contributed by atoms with Gasteiger partial charge in [0.05, 0.1) is 33.4 Å². The Bertz CT molecular complexity index is 1930. The van der Waals surface area contributed by atoms with E-state index in [2.05, 4.69) is 60.3 Å². The van der Waals surface area contributed by atoms with Crippen LogP contribution in [0.15, 0.2) is 91.1 Å². The molecule has 49 heavy (non-hydrogen) atoms. The third-order valence-corrected chi connectivity index (χ3v) is 11.0. The molecule has 2 unspecified atom stereocenters. The van der Waals surface area contributed by atoms with Crippen LogP contribution < -0.4 is 10.6 Å². The van der Waals surface area contributed by atoms with Gasteiger partial charge in [0.25, 0.3) is 0 Å². The highest BCUT2D eigenvalue weighted by Crippen LogP contribution is 2.40. The summed E-state index contributed by atoms with van der Waals surface area (Å²) in [6.45, 7) is 8.88. The van der Waals surface area contributed by atoms with Crippen LogP contribution >= 0.6 is 11.3 Å². The molecule has 2 aliphatic rings. The normalized spacial score (nSPS) is 19.1. The van der Waals surface area contributed by atoms with Crippen LogP contribution in [0.5, 0.6) is 0 Å². The van der Waals surface area contributed by atoms with Crippen molar-refractivity contribution < 1.29 is 9.59 Å². The van der Waals surface area contributed by atoms with Crippen molar-refractivity contribution in [1.29, 1.82) is 0 Å². The number of aromatic nitrogens is 3. The average Bonchev–Trinajstić information content (AvgIpc) is 3.79. The maximum atomic E-state index is 13.3. The lowest BCUT2D eigenvalue weighted by Gasteiger charge is -2.38. The summed E-state index contributed by atoms with van der Waals surface area (Å²) in [7, 11) is 0. The van der Waals surface area contributed by atoms with Crippen LogP contribution in [-0.4, -0.2) is 50.1 Å². The Kier molecular flexibility index (Phi) is 9.22. The summed E-state index contributed by atoms with van der Waals surface area (Å²) in [5, 5.41) is 10.9. The number of carbonyl (C=O) groups is 2. The van der Waals surface area contributed by atoms with E-state index in [0.29, 0.717) is 30.4 Å². The molecule has 5 aromatic rings. The second kappa shape index (κ2) is 13.7. The number of piperidine rings is 1. The number of Topliss-reactive ketones (excluding diaryl/α,β-unsaturated/α-hetero) is 1. The van der Waals surface area contributed by atoms with E-state index in [9.17, 15) is 9.59 Å². The molecule has 0 radical (unpaired) electrons. The first-order chi connectivity index (χ1) is 23.6. The monoisotopic (exact) mass is 672 g/mol. The van der Waals surface area contributed by atoms with E-state index in [1.807, 2.05) is 72.8 Å². The standard InChI is InChI=1S/C40H44N6O2S/c1-26-11-13-30(14-12-26)46-38(24-37(44-46)40(2,3)4)43-39(48)42-29-9-7-8-27(21-29)20-28-22-31-15-16-32(23-28)45(31)25-34(47)36-18-17-35(49-36)33-10-5-6-19-41-33/h5-14,17-19,21,24,28,31-32H,15-16,20,22-23,25H2,1-4H3,(H2,42,43,48). The molecule has 5 heterocycles. The Morgan fingerprint density at radius 2 is 1.67 bits per heavy atom. The lowest BCUT2D eigenvalue weighted by molar-refractivity contribution is 0.0748. The Hall–Kier alpha value is -4.60. The van der Waals surface area contributed by atoms with E-state index in [-0.39, 0.29) is 17.2 Å². The highest BCUT2D eigenvalue weighted by molar-refractivity contribution is 7.17. The summed E-state index contributed by atoms with van der Waals surface area (Å²) >= 11 is 1.54. The first kappa shape index (κ1) is 32.9. The van der Waals surface area contributed by atoms with Gasteiger partial charge in [-0.05, 0) is 99.0 Å². The highest BCUT2D eigenvalue weighted by atomic mass is 32.1. The number of nitrogens with one attached hydrogen (secondary N) is 2. The number of rotatable bonds is 9. The van der Waals surface area contributed by atoms with Crippen LogP contribution in [0.3, 0.4) is 0 Å². The van der Waals surface area contributed by atoms with Crippen molar-refractivity contribution in [2.75, 3.05) is 17.2 Å². The van der Waals surface area contributed by atoms with E-state index in [1.165, 1.54) is 16.9 Å². The summed E-state index contributed by atoms with van der Waals surface area (Å²) in [6, 6.07) is 28.6. The molecule has 7 rings (SSSR count). The van der Waals surface area contributed by atoms with Gasteiger partial charge in [0.15, 0.2) is 5.78 Å². The second-order valence-corrected chi connectivity index (χ2v) is 15.7. The minimum atomic E-state index is -0.306. The lowest BCUT2D eigenvalue weighted by Crippen LogP contribution is -2.45. The molecule has 8 nitrogen and oxygen atoms in total. The molecular formula is C40H44N6O2S. The summed E-state index contributed by atoms with van der Waals surface area (Å²) in [4.78, 5) is 35.4. The summed E-state index contributed by atoms with van der Waals surface area (Å²) in [5.74, 6) is 1.37. The van der Waals surface area contributed by atoms with Gasteiger partial charge in [0, 0.05) is 35.4 Å². The quantitative estimate of drug-likeness (QED) is 0.153. The van der Waals surface area contributed by atoms with Crippen molar-refractivity contribution in [2.24, 2.45) is 5.92 Å². The van der Waals surface area contributed by atoms with Crippen molar-refractivity contribution >= 4 is 34.7 Å². The number of benzene rings is 2. The predicted octanol–water partition coefficient (Wildman–Crippen LogP) is 8.91. The molecule has 2 aromatic carbocycles. The number of urea groups is 1. The predicted molar refractivity (Wildman–Crippen MR) is 198 cm³/mol. The molecule has 2 atom stereocenters. The molecule has 2 fully saturated rings. The van der Waals surface area contributed by atoms with E-state index >= 15 is 0 Å². The first-order valence-electron chi connectivity index (χ1n) is 17.2. The number of anilines is 2. The fourth-order valence-corrected chi connectivity index (χ4v) is 8.21. The third kappa shape index (κ3) is 7.53. The van der Waals surface area contributed by atoms with E-state index in [4.69, 9.17) is 5.10 Å².